The second kappa shape index (κ2) is 5.21. The molecule has 0 aliphatic carbocycles. The highest BCUT2D eigenvalue weighted by Gasteiger charge is 2.09. The van der Waals surface area contributed by atoms with Gasteiger partial charge >= 0.3 is 0 Å². The zero-order chi connectivity index (χ0) is 12.3. The third kappa shape index (κ3) is 3.14. The van der Waals surface area contributed by atoms with Crippen LogP contribution in [0.25, 0.3) is 0 Å². The minimum atomic E-state index is 0.0416. The fourth-order valence-corrected chi connectivity index (χ4v) is 1.95. The summed E-state index contributed by atoms with van der Waals surface area (Å²) in [6.45, 7) is 5.27. The highest BCUT2D eigenvalue weighted by molar-refractivity contribution is 6.33. The standard InChI is InChI=1S/C12H18ClN3/c1-8(2)7-16(3)11-5-4-9(12(14)15)6-10(11)13/h4-6,8H,7H2,1-3H3,(H3,14,15). The Morgan fingerprint density at radius 3 is 2.56 bits per heavy atom. The minimum absolute atomic E-state index is 0.0416. The predicted molar refractivity (Wildman–Crippen MR) is 70.6 cm³/mol. The maximum absolute atomic E-state index is 7.33. The van der Waals surface area contributed by atoms with Gasteiger partial charge in [0, 0.05) is 19.2 Å². The fourth-order valence-electron chi connectivity index (χ4n) is 1.63. The number of hydrogen-bond donors (Lipinski definition) is 2. The summed E-state index contributed by atoms with van der Waals surface area (Å²) in [5.74, 6) is 0.619. The van der Waals surface area contributed by atoms with Gasteiger partial charge in [-0.3, -0.25) is 5.41 Å². The third-order valence-electron chi connectivity index (χ3n) is 2.31. The summed E-state index contributed by atoms with van der Waals surface area (Å²) < 4.78 is 0. The average molecular weight is 240 g/mol. The van der Waals surface area contributed by atoms with Crippen LogP contribution in [0.15, 0.2) is 18.2 Å². The van der Waals surface area contributed by atoms with Gasteiger partial charge in [-0.2, -0.15) is 0 Å². The Bertz CT molecular complexity index is 388. The van der Waals surface area contributed by atoms with Gasteiger partial charge in [0.15, 0.2) is 0 Å². The Hall–Kier alpha value is -1.22. The molecule has 0 aliphatic rings. The van der Waals surface area contributed by atoms with E-state index in [1.807, 2.05) is 19.2 Å². The lowest BCUT2D eigenvalue weighted by Crippen LogP contribution is -2.23. The Morgan fingerprint density at radius 1 is 1.50 bits per heavy atom. The maximum Gasteiger partial charge on any atom is 0.122 e. The quantitative estimate of drug-likeness (QED) is 0.627. The van der Waals surface area contributed by atoms with Crippen LogP contribution in [0.5, 0.6) is 0 Å². The molecule has 0 atom stereocenters. The molecule has 0 heterocycles. The van der Waals surface area contributed by atoms with E-state index >= 15 is 0 Å². The normalized spacial score (nSPS) is 10.6. The van der Waals surface area contributed by atoms with Crippen molar-refractivity contribution in [2.75, 3.05) is 18.5 Å². The van der Waals surface area contributed by atoms with Crippen molar-refractivity contribution in [3.05, 3.63) is 28.8 Å². The smallest absolute Gasteiger partial charge is 0.122 e. The lowest BCUT2D eigenvalue weighted by molar-refractivity contribution is 0.638. The molecule has 0 saturated carbocycles. The van der Waals surface area contributed by atoms with Gasteiger partial charge in [-0.25, -0.2) is 0 Å². The number of nitrogen functional groups attached to an aromatic ring is 1. The van der Waals surface area contributed by atoms with Gasteiger partial charge < -0.3 is 10.6 Å². The summed E-state index contributed by atoms with van der Waals surface area (Å²) in [4.78, 5) is 2.11. The van der Waals surface area contributed by atoms with Crippen molar-refractivity contribution in [3.8, 4) is 0 Å². The van der Waals surface area contributed by atoms with E-state index in [-0.39, 0.29) is 5.84 Å². The first-order valence-electron chi connectivity index (χ1n) is 5.27. The van der Waals surface area contributed by atoms with E-state index in [0.29, 0.717) is 16.5 Å². The molecule has 1 aromatic carbocycles. The summed E-state index contributed by atoms with van der Waals surface area (Å²) in [6.07, 6.45) is 0. The summed E-state index contributed by atoms with van der Waals surface area (Å²) in [5, 5.41) is 7.96. The molecule has 0 unspecified atom stereocenters. The number of amidine groups is 1. The van der Waals surface area contributed by atoms with E-state index in [9.17, 15) is 0 Å². The molecule has 3 nitrogen and oxygen atoms in total. The first kappa shape index (κ1) is 12.8. The van der Waals surface area contributed by atoms with Gasteiger partial charge in [-0.15, -0.1) is 0 Å². The van der Waals surface area contributed by atoms with Crippen molar-refractivity contribution in [1.29, 1.82) is 5.41 Å². The van der Waals surface area contributed by atoms with Gasteiger partial charge in [-0.1, -0.05) is 25.4 Å². The molecule has 0 amide bonds. The van der Waals surface area contributed by atoms with Gasteiger partial charge in [0.05, 0.1) is 10.7 Å². The maximum atomic E-state index is 7.33. The van der Waals surface area contributed by atoms with Crippen molar-refractivity contribution < 1.29 is 0 Å². The number of rotatable bonds is 4. The Labute approximate surface area is 102 Å². The van der Waals surface area contributed by atoms with E-state index in [4.69, 9.17) is 22.7 Å². The van der Waals surface area contributed by atoms with Crippen LogP contribution in [0.4, 0.5) is 5.69 Å². The minimum Gasteiger partial charge on any atom is -0.384 e. The van der Waals surface area contributed by atoms with E-state index < -0.39 is 0 Å². The van der Waals surface area contributed by atoms with Gasteiger partial charge in [0.1, 0.15) is 5.84 Å². The van der Waals surface area contributed by atoms with Gasteiger partial charge in [-0.05, 0) is 24.1 Å². The molecule has 0 saturated heterocycles. The molecule has 3 N–H and O–H groups in total. The predicted octanol–water partition coefficient (Wildman–Crippen LogP) is 2.72. The molecule has 1 rings (SSSR count). The topological polar surface area (TPSA) is 53.1 Å². The number of nitrogens with one attached hydrogen (secondary N) is 1. The molecule has 88 valence electrons. The van der Waals surface area contributed by atoms with Crippen LogP contribution in [-0.2, 0) is 0 Å². The van der Waals surface area contributed by atoms with E-state index in [0.717, 1.165) is 12.2 Å². The number of nitrogens with two attached hydrogens (primary N) is 1. The van der Waals surface area contributed by atoms with Crippen molar-refractivity contribution in [2.45, 2.75) is 13.8 Å². The molecule has 0 bridgehead atoms. The molecular formula is C12H18ClN3. The third-order valence-corrected chi connectivity index (χ3v) is 2.61. The molecule has 0 spiro atoms. The van der Waals surface area contributed by atoms with Crippen LogP contribution in [0.3, 0.4) is 0 Å². The van der Waals surface area contributed by atoms with Crippen LogP contribution in [0, 0.1) is 11.3 Å². The first-order chi connectivity index (χ1) is 7.41. The molecule has 0 fully saturated rings. The number of benzene rings is 1. The average Bonchev–Trinajstić information content (AvgIpc) is 2.15. The van der Waals surface area contributed by atoms with Crippen molar-refractivity contribution in [3.63, 3.8) is 0 Å². The summed E-state index contributed by atoms with van der Waals surface area (Å²) in [6, 6.07) is 5.46. The van der Waals surface area contributed by atoms with Crippen LogP contribution >= 0.6 is 11.6 Å². The van der Waals surface area contributed by atoms with Gasteiger partial charge in [0.25, 0.3) is 0 Å². The molecule has 0 aromatic heterocycles. The second-order valence-corrected chi connectivity index (χ2v) is 4.76. The fraction of sp³-hybridized carbons (Fsp3) is 0.417. The zero-order valence-corrected chi connectivity index (χ0v) is 10.7. The van der Waals surface area contributed by atoms with Crippen LogP contribution < -0.4 is 10.6 Å². The molecule has 16 heavy (non-hydrogen) atoms. The first-order valence-corrected chi connectivity index (χ1v) is 5.64. The molecular weight excluding hydrogens is 222 g/mol. The number of hydrogen-bond acceptors (Lipinski definition) is 2. The number of nitrogens with zero attached hydrogens (tertiary/aromatic N) is 1. The molecule has 0 aliphatic heterocycles. The second-order valence-electron chi connectivity index (χ2n) is 4.35. The van der Waals surface area contributed by atoms with Gasteiger partial charge in [0.2, 0.25) is 0 Å². The van der Waals surface area contributed by atoms with Crippen LogP contribution in [0.2, 0.25) is 5.02 Å². The van der Waals surface area contributed by atoms with Crippen molar-refractivity contribution in [1.82, 2.24) is 0 Å². The van der Waals surface area contributed by atoms with Crippen molar-refractivity contribution >= 4 is 23.1 Å². The van der Waals surface area contributed by atoms with E-state index in [1.165, 1.54) is 0 Å². The number of halogens is 1. The van der Waals surface area contributed by atoms with E-state index in [1.54, 1.807) is 6.07 Å². The summed E-state index contributed by atoms with van der Waals surface area (Å²) >= 11 is 6.16. The lowest BCUT2D eigenvalue weighted by atomic mass is 10.1. The monoisotopic (exact) mass is 239 g/mol. The molecule has 0 radical (unpaired) electrons. The lowest BCUT2D eigenvalue weighted by Gasteiger charge is -2.22. The van der Waals surface area contributed by atoms with Crippen LogP contribution in [0.1, 0.15) is 19.4 Å². The van der Waals surface area contributed by atoms with E-state index in [2.05, 4.69) is 18.7 Å². The Morgan fingerprint density at radius 2 is 2.12 bits per heavy atom. The molecule has 4 heteroatoms. The SMILES string of the molecule is CC(C)CN(C)c1ccc(C(=N)N)cc1Cl. The summed E-state index contributed by atoms with van der Waals surface area (Å²) in [5.41, 5.74) is 7.03. The highest BCUT2D eigenvalue weighted by Crippen LogP contribution is 2.26. The zero-order valence-electron chi connectivity index (χ0n) is 9.92. The molecule has 1 aromatic rings. The van der Waals surface area contributed by atoms with Crippen molar-refractivity contribution in [2.24, 2.45) is 11.7 Å². The Balaban J connectivity index is 2.94. The Kier molecular flexibility index (Phi) is 4.19. The highest BCUT2D eigenvalue weighted by atomic mass is 35.5. The summed E-state index contributed by atoms with van der Waals surface area (Å²) in [7, 11) is 2.01. The van der Waals surface area contributed by atoms with Crippen LogP contribution in [-0.4, -0.2) is 19.4 Å². The number of anilines is 1. The largest absolute Gasteiger partial charge is 0.384 e.